The minimum atomic E-state index is -0.368. The smallest absolute Gasteiger partial charge is 0.255 e. The Kier molecular flexibility index (Phi) is 4.14. The number of carbonyl (C=O) groups excluding carboxylic acids is 1. The molecule has 5 nitrogen and oxygen atoms in total. The number of aromatic hydroxyl groups is 1. The van der Waals surface area contributed by atoms with E-state index in [9.17, 15) is 9.90 Å². The Morgan fingerprint density at radius 1 is 1.30 bits per heavy atom. The van der Waals surface area contributed by atoms with E-state index in [0.29, 0.717) is 27.2 Å². The minimum absolute atomic E-state index is 0.00346. The van der Waals surface area contributed by atoms with Crippen LogP contribution < -0.4 is 15.8 Å². The number of nitrogens with two attached hydrogens (primary N) is 1. The van der Waals surface area contributed by atoms with Crippen molar-refractivity contribution in [2.75, 3.05) is 18.2 Å². The highest BCUT2D eigenvalue weighted by atomic mass is 79.9. The zero-order valence-corrected chi connectivity index (χ0v) is 12.3. The molecule has 1 amide bonds. The zero-order chi connectivity index (χ0) is 14.7. The van der Waals surface area contributed by atoms with Gasteiger partial charge in [-0.05, 0) is 46.3 Å². The van der Waals surface area contributed by atoms with E-state index in [4.69, 9.17) is 10.5 Å². The summed E-state index contributed by atoms with van der Waals surface area (Å²) in [5.41, 5.74) is 7.01. The fraction of sp³-hybridized carbons (Fsp3) is 0.0714. The molecule has 0 aliphatic rings. The van der Waals surface area contributed by atoms with Gasteiger partial charge in [0.15, 0.2) is 0 Å². The van der Waals surface area contributed by atoms with E-state index in [-0.39, 0.29) is 11.7 Å². The van der Waals surface area contributed by atoms with E-state index < -0.39 is 0 Å². The number of phenolic OH excluding ortho intramolecular Hbond substituents is 1. The molecule has 0 bridgehead atoms. The van der Waals surface area contributed by atoms with Crippen molar-refractivity contribution in [2.45, 2.75) is 0 Å². The molecular weight excluding hydrogens is 324 g/mol. The normalized spacial score (nSPS) is 10.1. The van der Waals surface area contributed by atoms with Crippen LogP contribution in [0, 0.1) is 0 Å². The average molecular weight is 337 g/mol. The van der Waals surface area contributed by atoms with Crippen LogP contribution in [0.25, 0.3) is 0 Å². The van der Waals surface area contributed by atoms with Gasteiger partial charge < -0.3 is 20.9 Å². The van der Waals surface area contributed by atoms with Crippen LogP contribution in [0.3, 0.4) is 0 Å². The third-order valence-corrected chi connectivity index (χ3v) is 3.39. The number of ether oxygens (including phenoxy) is 1. The van der Waals surface area contributed by atoms with E-state index in [1.54, 1.807) is 30.3 Å². The van der Waals surface area contributed by atoms with Gasteiger partial charge in [0.2, 0.25) is 0 Å². The van der Waals surface area contributed by atoms with E-state index in [1.807, 2.05) is 0 Å². The summed E-state index contributed by atoms with van der Waals surface area (Å²) < 4.78 is 5.60. The van der Waals surface area contributed by atoms with Gasteiger partial charge in [-0.25, -0.2) is 0 Å². The second-order valence-corrected chi connectivity index (χ2v) is 4.93. The van der Waals surface area contributed by atoms with E-state index in [0.717, 1.165) is 0 Å². The van der Waals surface area contributed by atoms with Gasteiger partial charge in [-0.3, -0.25) is 4.79 Å². The number of hydrogen-bond donors (Lipinski definition) is 3. The summed E-state index contributed by atoms with van der Waals surface area (Å²) in [5.74, 6) is 0.220. The van der Waals surface area contributed by atoms with Crippen LogP contribution >= 0.6 is 15.9 Å². The monoisotopic (exact) mass is 336 g/mol. The molecule has 2 aromatic rings. The van der Waals surface area contributed by atoms with Crippen molar-refractivity contribution in [2.24, 2.45) is 0 Å². The first-order valence-corrected chi connectivity index (χ1v) is 6.54. The highest BCUT2D eigenvalue weighted by molar-refractivity contribution is 9.10. The lowest BCUT2D eigenvalue weighted by molar-refractivity contribution is 0.102. The predicted molar refractivity (Wildman–Crippen MR) is 81.2 cm³/mol. The lowest BCUT2D eigenvalue weighted by Gasteiger charge is -2.10. The molecule has 104 valence electrons. The molecule has 0 aliphatic heterocycles. The van der Waals surface area contributed by atoms with Crippen molar-refractivity contribution < 1.29 is 14.6 Å². The van der Waals surface area contributed by atoms with Gasteiger partial charge in [0.1, 0.15) is 11.5 Å². The fourth-order valence-corrected chi connectivity index (χ4v) is 1.87. The highest BCUT2D eigenvalue weighted by Crippen LogP contribution is 2.27. The Hall–Kier alpha value is -2.21. The van der Waals surface area contributed by atoms with Crippen molar-refractivity contribution in [3.63, 3.8) is 0 Å². The molecule has 0 fully saturated rings. The number of hydrogen-bond acceptors (Lipinski definition) is 4. The third kappa shape index (κ3) is 3.03. The van der Waals surface area contributed by atoms with Crippen molar-refractivity contribution >= 4 is 33.2 Å². The van der Waals surface area contributed by atoms with Crippen molar-refractivity contribution in [1.29, 1.82) is 0 Å². The number of nitrogen functional groups attached to an aromatic ring is 1. The summed E-state index contributed by atoms with van der Waals surface area (Å²) in [7, 11) is 1.53. The Bertz CT molecular complexity index is 659. The quantitative estimate of drug-likeness (QED) is 0.752. The minimum Gasteiger partial charge on any atom is -0.507 e. The largest absolute Gasteiger partial charge is 0.507 e. The lowest BCUT2D eigenvalue weighted by atomic mass is 10.2. The molecule has 0 saturated carbocycles. The molecule has 0 radical (unpaired) electrons. The Labute approximate surface area is 124 Å². The number of anilines is 2. The maximum atomic E-state index is 12.1. The standard InChI is InChI=1S/C14H13BrN2O3/c1-20-9-3-5-11(16)12(7-9)17-14(19)8-2-4-10(15)13(18)6-8/h2-7,18H,16H2,1H3,(H,17,19). The summed E-state index contributed by atoms with van der Waals surface area (Å²) >= 11 is 3.16. The molecule has 0 aromatic heterocycles. The summed E-state index contributed by atoms with van der Waals surface area (Å²) in [5, 5.41) is 12.3. The summed E-state index contributed by atoms with van der Waals surface area (Å²) in [6.07, 6.45) is 0. The van der Waals surface area contributed by atoms with Crippen LogP contribution in [0.1, 0.15) is 10.4 Å². The van der Waals surface area contributed by atoms with Crippen LogP contribution in [-0.2, 0) is 0 Å². The SMILES string of the molecule is COc1ccc(N)c(NC(=O)c2ccc(Br)c(O)c2)c1. The Morgan fingerprint density at radius 2 is 2.05 bits per heavy atom. The van der Waals surface area contributed by atoms with Crippen molar-refractivity contribution in [3.05, 3.63) is 46.4 Å². The zero-order valence-electron chi connectivity index (χ0n) is 10.7. The fourth-order valence-electron chi connectivity index (χ4n) is 1.62. The van der Waals surface area contributed by atoms with Crippen LogP contribution in [-0.4, -0.2) is 18.1 Å². The summed E-state index contributed by atoms with van der Waals surface area (Å²) in [6, 6.07) is 9.54. The van der Waals surface area contributed by atoms with Gasteiger partial charge in [0, 0.05) is 11.6 Å². The second-order valence-electron chi connectivity index (χ2n) is 4.07. The summed E-state index contributed by atoms with van der Waals surface area (Å²) in [6.45, 7) is 0. The third-order valence-electron chi connectivity index (χ3n) is 2.72. The number of nitrogens with one attached hydrogen (secondary N) is 1. The molecule has 0 spiro atoms. The number of rotatable bonds is 3. The number of methoxy groups -OCH3 is 1. The number of amides is 1. The predicted octanol–water partition coefficient (Wildman–Crippen LogP) is 3.00. The average Bonchev–Trinajstić information content (AvgIpc) is 2.44. The molecule has 0 aliphatic carbocycles. The van der Waals surface area contributed by atoms with Crippen molar-refractivity contribution in [1.82, 2.24) is 0 Å². The maximum absolute atomic E-state index is 12.1. The van der Waals surface area contributed by atoms with Gasteiger partial charge in [-0.2, -0.15) is 0 Å². The van der Waals surface area contributed by atoms with E-state index in [2.05, 4.69) is 21.2 Å². The first-order valence-electron chi connectivity index (χ1n) is 5.74. The van der Waals surface area contributed by atoms with Gasteiger partial charge in [-0.15, -0.1) is 0 Å². The second kappa shape index (κ2) is 5.83. The lowest BCUT2D eigenvalue weighted by Crippen LogP contribution is -2.13. The van der Waals surface area contributed by atoms with Crippen LogP contribution in [0.4, 0.5) is 11.4 Å². The highest BCUT2D eigenvalue weighted by Gasteiger charge is 2.11. The number of carbonyl (C=O) groups is 1. The van der Waals surface area contributed by atoms with Gasteiger partial charge >= 0.3 is 0 Å². The molecule has 6 heteroatoms. The van der Waals surface area contributed by atoms with Crippen molar-refractivity contribution in [3.8, 4) is 11.5 Å². The van der Waals surface area contributed by atoms with Crippen LogP contribution in [0.5, 0.6) is 11.5 Å². The van der Waals surface area contributed by atoms with Crippen LogP contribution in [0.15, 0.2) is 40.9 Å². The molecule has 4 N–H and O–H groups in total. The number of halogens is 1. The molecule has 0 atom stereocenters. The van der Waals surface area contributed by atoms with E-state index in [1.165, 1.54) is 13.2 Å². The first kappa shape index (κ1) is 14.2. The first-order chi connectivity index (χ1) is 9.51. The Morgan fingerprint density at radius 3 is 2.70 bits per heavy atom. The molecule has 0 unspecified atom stereocenters. The van der Waals surface area contributed by atoms with Gasteiger partial charge in [0.25, 0.3) is 5.91 Å². The number of phenols is 1. The molecule has 2 rings (SSSR count). The summed E-state index contributed by atoms with van der Waals surface area (Å²) in [4.78, 5) is 12.1. The molecule has 20 heavy (non-hydrogen) atoms. The maximum Gasteiger partial charge on any atom is 0.255 e. The van der Waals surface area contributed by atoms with Crippen LogP contribution in [0.2, 0.25) is 0 Å². The molecular formula is C14H13BrN2O3. The molecule has 0 heterocycles. The van der Waals surface area contributed by atoms with Gasteiger partial charge in [-0.1, -0.05) is 0 Å². The Balaban J connectivity index is 2.25. The molecule has 2 aromatic carbocycles. The van der Waals surface area contributed by atoms with Gasteiger partial charge in [0.05, 0.1) is 23.0 Å². The topological polar surface area (TPSA) is 84.6 Å². The number of benzene rings is 2. The van der Waals surface area contributed by atoms with E-state index >= 15 is 0 Å². The molecule has 0 saturated heterocycles.